The van der Waals surface area contributed by atoms with Gasteiger partial charge in [-0.1, -0.05) is 62.4 Å². The van der Waals surface area contributed by atoms with Crippen LogP contribution in [0.5, 0.6) is 0 Å². The van der Waals surface area contributed by atoms with Crippen molar-refractivity contribution in [2.75, 3.05) is 32.7 Å². The van der Waals surface area contributed by atoms with Crippen molar-refractivity contribution >= 4 is 21.8 Å². The highest BCUT2D eigenvalue weighted by atomic mass is 32.2. The number of aliphatic hydroxyl groups is 1. The average Bonchev–Trinajstić information content (AvgIpc) is 3.47. The fourth-order valence-corrected chi connectivity index (χ4v) is 6.59. The van der Waals surface area contributed by atoms with Crippen molar-refractivity contribution in [2.24, 2.45) is 5.92 Å². The number of benzene rings is 2. The van der Waals surface area contributed by atoms with Gasteiger partial charge in [-0.2, -0.15) is 4.31 Å². The number of hydrazine groups is 1. The quantitative estimate of drug-likeness (QED) is 0.262. The Hall–Kier alpha value is -3.23. The van der Waals surface area contributed by atoms with Crippen LogP contribution in [0.3, 0.4) is 0 Å². The summed E-state index contributed by atoms with van der Waals surface area (Å²) in [6.45, 7) is 5.42. The van der Waals surface area contributed by atoms with E-state index < -0.39 is 28.1 Å². The van der Waals surface area contributed by atoms with E-state index >= 15 is 0 Å². The van der Waals surface area contributed by atoms with Gasteiger partial charge in [0.1, 0.15) is 0 Å². The molecule has 1 heterocycles. The summed E-state index contributed by atoms with van der Waals surface area (Å²) < 4.78 is 28.5. The van der Waals surface area contributed by atoms with Gasteiger partial charge in [0.2, 0.25) is 15.9 Å². The van der Waals surface area contributed by atoms with Crippen molar-refractivity contribution in [3.63, 3.8) is 0 Å². The zero-order valence-corrected chi connectivity index (χ0v) is 24.8. The van der Waals surface area contributed by atoms with Crippen LogP contribution in [0.15, 0.2) is 65.6 Å². The van der Waals surface area contributed by atoms with Gasteiger partial charge in [0.25, 0.3) is 5.91 Å². The molecule has 0 aliphatic carbocycles. The molecule has 0 spiro atoms. The Morgan fingerprint density at radius 1 is 1.02 bits per heavy atom. The summed E-state index contributed by atoms with van der Waals surface area (Å²) >= 11 is 0. The normalized spacial score (nSPS) is 15.4. The molecular formula is C31H42N4O5S. The highest BCUT2D eigenvalue weighted by molar-refractivity contribution is 7.89. The molecule has 0 unspecified atom stereocenters. The Labute approximate surface area is 244 Å². The largest absolute Gasteiger partial charge is 0.390 e. The monoisotopic (exact) mass is 582 g/mol. The van der Waals surface area contributed by atoms with E-state index in [-0.39, 0.29) is 55.6 Å². The molecule has 10 heteroatoms. The molecule has 3 rings (SSSR count). The van der Waals surface area contributed by atoms with E-state index in [2.05, 4.69) is 11.3 Å². The molecule has 41 heavy (non-hydrogen) atoms. The second-order valence-corrected chi connectivity index (χ2v) is 12.8. The lowest BCUT2D eigenvalue weighted by molar-refractivity contribution is -0.148. The molecular weight excluding hydrogens is 540 g/mol. The summed E-state index contributed by atoms with van der Waals surface area (Å²) in [7, 11) is -3.95. The third-order valence-electron chi connectivity index (χ3n) is 6.97. The molecule has 1 aliphatic rings. The molecule has 0 radical (unpaired) electrons. The minimum atomic E-state index is -3.95. The Balaban J connectivity index is 1.95. The van der Waals surface area contributed by atoms with E-state index in [0.717, 1.165) is 31.5 Å². The number of aliphatic hydroxyl groups excluding tert-OH is 1. The van der Waals surface area contributed by atoms with E-state index in [1.807, 2.05) is 49.1 Å². The third-order valence-corrected chi connectivity index (χ3v) is 8.81. The lowest BCUT2D eigenvalue weighted by Gasteiger charge is -2.37. The van der Waals surface area contributed by atoms with Crippen LogP contribution in [0.1, 0.15) is 45.1 Å². The Kier molecular flexibility index (Phi) is 12.4. The zero-order valence-electron chi connectivity index (χ0n) is 24.0. The predicted octanol–water partition coefficient (Wildman–Crippen LogP) is 2.67. The van der Waals surface area contributed by atoms with Gasteiger partial charge in [-0.05, 0) is 56.0 Å². The highest BCUT2D eigenvalue weighted by Gasteiger charge is 2.36. The van der Waals surface area contributed by atoms with Gasteiger partial charge in [-0.25, -0.2) is 13.4 Å². The van der Waals surface area contributed by atoms with Crippen LogP contribution in [-0.4, -0.2) is 84.4 Å². The molecule has 2 aromatic carbocycles. The van der Waals surface area contributed by atoms with E-state index in [1.165, 1.54) is 21.4 Å². The minimum Gasteiger partial charge on any atom is -0.390 e. The van der Waals surface area contributed by atoms with Crippen molar-refractivity contribution in [3.05, 3.63) is 66.2 Å². The van der Waals surface area contributed by atoms with Gasteiger partial charge < -0.3 is 5.11 Å². The Morgan fingerprint density at radius 2 is 1.63 bits per heavy atom. The van der Waals surface area contributed by atoms with Crippen molar-refractivity contribution in [1.29, 1.82) is 0 Å². The van der Waals surface area contributed by atoms with Gasteiger partial charge in [0.05, 0.1) is 23.6 Å². The number of nitrogens with zero attached hydrogens (tertiary/aromatic N) is 3. The summed E-state index contributed by atoms with van der Waals surface area (Å²) in [5, 5.41) is 12.9. The summed E-state index contributed by atoms with van der Waals surface area (Å²) in [6, 6.07) is 16.4. The topological polar surface area (TPSA) is 110 Å². The van der Waals surface area contributed by atoms with Gasteiger partial charge in [-0.15, -0.1) is 12.3 Å². The molecule has 1 saturated heterocycles. The van der Waals surface area contributed by atoms with Crippen LogP contribution in [0.2, 0.25) is 0 Å². The number of terminal acetylenes is 1. The Bertz CT molecular complexity index is 1260. The minimum absolute atomic E-state index is 0.0261. The smallest absolute Gasteiger partial charge is 0.252 e. The first kappa shape index (κ1) is 32.3. The van der Waals surface area contributed by atoms with Crippen molar-refractivity contribution in [1.82, 2.24) is 19.6 Å². The molecule has 2 aromatic rings. The molecule has 2 N–H and O–H groups in total. The fourth-order valence-electron chi connectivity index (χ4n) is 4.95. The van der Waals surface area contributed by atoms with Gasteiger partial charge >= 0.3 is 0 Å². The summed E-state index contributed by atoms with van der Waals surface area (Å²) in [4.78, 5) is 28.7. The van der Waals surface area contributed by atoms with Gasteiger partial charge in [0, 0.05) is 25.9 Å². The number of rotatable bonds is 14. The second-order valence-electron chi connectivity index (χ2n) is 10.8. The molecule has 2 amide bonds. The number of carbonyl (C=O) groups excluding carboxylic acids is 2. The highest BCUT2D eigenvalue weighted by Crippen LogP contribution is 2.21. The van der Waals surface area contributed by atoms with Crippen molar-refractivity contribution in [3.8, 4) is 12.3 Å². The van der Waals surface area contributed by atoms with E-state index in [4.69, 9.17) is 6.42 Å². The fraction of sp³-hybridized carbons (Fsp3) is 0.484. The molecule has 0 saturated carbocycles. The lowest BCUT2D eigenvalue weighted by atomic mass is 9.99. The molecule has 2 atom stereocenters. The lowest BCUT2D eigenvalue weighted by Crippen LogP contribution is -2.60. The standard InChI is InChI=1S/C31H42N4O5S/c1-4-5-18-31(38)35(32-30(37)24-33-19-12-13-20-33)28(21-26-14-8-6-9-15-26)29(36)23-34(22-25(2)3)41(39,40)27-16-10-7-11-17-27/h1,6-11,14-17,25,28-29,36H,5,12-13,18-24H2,2-3H3,(H,32,37)/t28-,29+/m0/s1. The number of likely N-dealkylation sites (tertiary alicyclic amines) is 1. The molecule has 1 aliphatic heterocycles. The molecule has 222 valence electrons. The van der Waals surface area contributed by atoms with Crippen LogP contribution >= 0.6 is 0 Å². The zero-order chi connectivity index (χ0) is 29.8. The molecule has 1 fully saturated rings. The second kappa shape index (κ2) is 15.7. The van der Waals surface area contributed by atoms with Crippen molar-refractivity contribution < 1.29 is 23.1 Å². The van der Waals surface area contributed by atoms with E-state index in [9.17, 15) is 23.1 Å². The van der Waals surface area contributed by atoms with Crippen LogP contribution in [0.25, 0.3) is 0 Å². The third kappa shape index (κ3) is 9.68. The van der Waals surface area contributed by atoms with Gasteiger partial charge in [0.15, 0.2) is 0 Å². The number of hydrogen-bond acceptors (Lipinski definition) is 6. The molecule has 0 aromatic heterocycles. The molecule has 0 bridgehead atoms. The summed E-state index contributed by atoms with van der Waals surface area (Å²) in [5.41, 5.74) is 3.57. The number of hydrogen-bond donors (Lipinski definition) is 2. The summed E-state index contributed by atoms with van der Waals surface area (Å²) in [5.74, 6) is 1.61. The SMILES string of the molecule is C#CCCC(=O)N(NC(=O)CN1CCCC1)[C@@H](Cc1ccccc1)[C@H](O)CN(CC(C)C)S(=O)(=O)c1ccccc1. The average molecular weight is 583 g/mol. The number of nitrogens with one attached hydrogen (secondary N) is 1. The van der Waals surface area contributed by atoms with Crippen LogP contribution < -0.4 is 5.43 Å². The first-order chi connectivity index (χ1) is 19.6. The summed E-state index contributed by atoms with van der Waals surface area (Å²) in [6.07, 6.45) is 6.44. The van der Waals surface area contributed by atoms with Crippen LogP contribution in [0, 0.1) is 18.3 Å². The Morgan fingerprint density at radius 3 is 2.22 bits per heavy atom. The molecule has 9 nitrogen and oxygen atoms in total. The van der Waals surface area contributed by atoms with Crippen LogP contribution in [-0.2, 0) is 26.0 Å². The van der Waals surface area contributed by atoms with Gasteiger partial charge in [-0.3, -0.25) is 19.9 Å². The maximum absolute atomic E-state index is 13.6. The van der Waals surface area contributed by atoms with E-state index in [1.54, 1.807) is 18.2 Å². The first-order valence-corrected chi connectivity index (χ1v) is 15.6. The van der Waals surface area contributed by atoms with Crippen molar-refractivity contribution in [2.45, 2.75) is 63.0 Å². The van der Waals surface area contributed by atoms with Crippen LogP contribution in [0.4, 0.5) is 0 Å². The maximum Gasteiger partial charge on any atom is 0.252 e. The van der Waals surface area contributed by atoms with E-state index in [0.29, 0.717) is 0 Å². The number of carbonyl (C=O) groups is 2. The maximum atomic E-state index is 13.6. The first-order valence-electron chi connectivity index (χ1n) is 14.2. The number of amides is 2. The number of sulfonamides is 1. The predicted molar refractivity (Wildman–Crippen MR) is 159 cm³/mol.